The maximum absolute atomic E-state index is 13.7. The number of benzene rings is 2. The number of nitrogens with zero attached hydrogens (tertiary/aromatic N) is 2. The molecular weight excluding hydrogens is 482 g/mol. The first-order chi connectivity index (χ1) is 17.9. The summed E-state index contributed by atoms with van der Waals surface area (Å²) in [6.45, 7) is 8.43. The zero-order valence-corrected chi connectivity index (χ0v) is 22.8. The van der Waals surface area contributed by atoms with Crippen molar-refractivity contribution in [3.63, 3.8) is 0 Å². The van der Waals surface area contributed by atoms with Gasteiger partial charge < -0.3 is 19.9 Å². The van der Waals surface area contributed by atoms with Crippen molar-refractivity contribution in [1.29, 1.82) is 0 Å². The van der Waals surface area contributed by atoms with Crippen molar-refractivity contribution in [3.05, 3.63) is 87.6 Å². The molecule has 37 heavy (non-hydrogen) atoms. The lowest BCUT2D eigenvalue weighted by Gasteiger charge is -2.29. The van der Waals surface area contributed by atoms with Crippen LogP contribution >= 0.6 is 11.3 Å². The quantitative estimate of drug-likeness (QED) is 0.336. The number of carbonyl (C=O) groups excluding carboxylic acids is 2. The summed E-state index contributed by atoms with van der Waals surface area (Å²) in [7, 11) is 0. The number of urea groups is 1. The highest BCUT2D eigenvalue weighted by atomic mass is 32.1. The summed E-state index contributed by atoms with van der Waals surface area (Å²) in [5.41, 5.74) is 2.99. The average Bonchev–Trinajstić information content (AvgIpc) is 3.55. The van der Waals surface area contributed by atoms with Gasteiger partial charge in [-0.15, -0.1) is 11.3 Å². The van der Waals surface area contributed by atoms with Gasteiger partial charge in [0, 0.05) is 35.1 Å². The van der Waals surface area contributed by atoms with Gasteiger partial charge in [-0.3, -0.25) is 4.79 Å². The van der Waals surface area contributed by atoms with Crippen LogP contribution in [-0.4, -0.2) is 47.5 Å². The smallest absolute Gasteiger partial charge is 0.322 e. The van der Waals surface area contributed by atoms with E-state index < -0.39 is 0 Å². The molecule has 196 valence electrons. The minimum atomic E-state index is -0.284. The normalized spacial score (nSPS) is 15.1. The molecule has 1 aliphatic rings. The molecule has 1 aliphatic heterocycles. The summed E-state index contributed by atoms with van der Waals surface area (Å²) < 4.78 is 5.82. The average molecular weight is 520 g/mol. The van der Waals surface area contributed by atoms with Crippen LogP contribution in [-0.2, 0) is 22.6 Å². The van der Waals surface area contributed by atoms with Gasteiger partial charge in [-0.25, -0.2) is 4.79 Å². The van der Waals surface area contributed by atoms with Crippen LogP contribution < -0.4 is 5.32 Å². The summed E-state index contributed by atoms with van der Waals surface area (Å²) in [6.07, 6.45) is 1.82. The highest BCUT2D eigenvalue weighted by Gasteiger charge is 2.27. The Kier molecular flexibility index (Phi) is 9.36. The molecule has 1 N–H and O–H groups in total. The molecule has 4 rings (SSSR count). The standard InChI is InChI=1S/C30H37N3O3S/c1-22(2)25-12-14-26(15-13-25)31-30(35)33(19-27-10-7-17-36-27)21-29(34)32(18-24-8-5-4-6-9-24)20-28-16-11-23(3)37-28/h4-6,8-9,11-16,22,27H,7,10,17-21H2,1-3H3,(H,31,35). The minimum Gasteiger partial charge on any atom is -0.376 e. The summed E-state index contributed by atoms with van der Waals surface area (Å²) in [5, 5.41) is 2.99. The number of thiophene rings is 1. The highest BCUT2D eigenvalue weighted by Crippen LogP contribution is 2.21. The number of rotatable bonds is 10. The molecule has 0 spiro atoms. The molecule has 0 radical (unpaired) electrons. The Balaban J connectivity index is 1.50. The fourth-order valence-corrected chi connectivity index (χ4v) is 5.37. The lowest BCUT2D eigenvalue weighted by Crippen LogP contribution is -2.46. The Bertz CT molecular complexity index is 1150. The van der Waals surface area contributed by atoms with Crippen LogP contribution in [0, 0.1) is 6.92 Å². The van der Waals surface area contributed by atoms with Gasteiger partial charge in [-0.05, 0) is 61.1 Å². The van der Waals surface area contributed by atoms with E-state index in [2.05, 4.69) is 38.2 Å². The van der Waals surface area contributed by atoms with Crippen LogP contribution in [0.25, 0.3) is 0 Å². The fourth-order valence-electron chi connectivity index (χ4n) is 4.46. The Hall–Kier alpha value is -3.16. The number of anilines is 1. The molecule has 7 heteroatoms. The van der Waals surface area contributed by atoms with Crippen LogP contribution in [0.1, 0.15) is 53.5 Å². The Morgan fingerprint density at radius 2 is 1.76 bits per heavy atom. The van der Waals surface area contributed by atoms with E-state index in [1.54, 1.807) is 16.2 Å². The largest absolute Gasteiger partial charge is 0.376 e. The van der Waals surface area contributed by atoms with E-state index in [0.717, 1.165) is 29.0 Å². The van der Waals surface area contributed by atoms with Crippen molar-refractivity contribution >= 4 is 29.0 Å². The van der Waals surface area contributed by atoms with Gasteiger partial charge in [-0.1, -0.05) is 56.3 Å². The molecule has 3 amide bonds. The van der Waals surface area contributed by atoms with Gasteiger partial charge in [0.15, 0.2) is 0 Å². The second-order valence-electron chi connectivity index (χ2n) is 9.97. The minimum absolute atomic E-state index is 0.00698. The zero-order valence-electron chi connectivity index (χ0n) is 22.0. The van der Waals surface area contributed by atoms with Crippen molar-refractivity contribution in [3.8, 4) is 0 Å². The van der Waals surface area contributed by atoms with E-state index in [4.69, 9.17) is 4.74 Å². The van der Waals surface area contributed by atoms with Crippen LogP contribution in [0.3, 0.4) is 0 Å². The van der Waals surface area contributed by atoms with Crippen LogP contribution in [0.5, 0.6) is 0 Å². The third-order valence-electron chi connectivity index (χ3n) is 6.60. The first-order valence-corrected chi connectivity index (χ1v) is 13.8. The molecular formula is C30H37N3O3S. The molecule has 2 heterocycles. The number of hydrogen-bond donors (Lipinski definition) is 1. The third kappa shape index (κ3) is 7.91. The maximum atomic E-state index is 13.7. The molecule has 1 unspecified atom stereocenters. The Labute approximate surface area is 224 Å². The van der Waals surface area contributed by atoms with E-state index >= 15 is 0 Å². The molecule has 1 atom stereocenters. The van der Waals surface area contributed by atoms with E-state index in [1.807, 2.05) is 59.5 Å². The Morgan fingerprint density at radius 1 is 1.00 bits per heavy atom. The molecule has 1 fully saturated rings. The van der Waals surface area contributed by atoms with E-state index in [-0.39, 0.29) is 24.6 Å². The zero-order chi connectivity index (χ0) is 26.2. The number of amides is 3. The summed E-state index contributed by atoms with van der Waals surface area (Å²) in [4.78, 5) is 32.9. The molecule has 1 aromatic heterocycles. The second kappa shape index (κ2) is 12.9. The number of nitrogens with one attached hydrogen (secondary N) is 1. The molecule has 6 nitrogen and oxygen atoms in total. The van der Waals surface area contributed by atoms with Crippen molar-refractivity contribution in [2.45, 2.75) is 58.7 Å². The van der Waals surface area contributed by atoms with Crippen molar-refractivity contribution in [1.82, 2.24) is 9.80 Å². The van der Waals surface area contributed by atoms with Gasteiger partial charge in [-0.2, -0.15) is 0 Å². The predicted octanol–water partition coefficient (Wildman–Crippen LogP) is 6.42. The molecule has 3 aromatic rings. The van der Waals surface area contributed by atoms with Crippen LogP contribution in [0.2, 0.25) is 0 Å². The maximum Gasteiger partial charge on any atom is 0.322 e. The predicted molar refractivity (Wildman–Crippen MR) is 150 cm³/mol. The van der Waals surface area contributed by atoms with E-state index in [1.165, 1.54) is 10.4 Å². The van der Waals surface area contributed by atoms with Gasteiger partial charge in [0.2, 0.25) is 5.91 Å². The van der Waals surface area contributed by atoms with Crippen LogP contribution in [0.4, 0.5) is 10.5 Å². The molecule has 0 aliphatic carbocycles. The van der Waals surface area contributed by atoms with Crippen LogP contribution in [0.15, 0.2) is 66.7 Å². The lowest BCUT2D eigenvalue weighted by molar-refractivity contribution is -0.133. The van der Waals surface area contributed by atoms with Gasteiger partial charge >= 0.3 is 6.03 Å². The summed E-state index contributed by atoms with van der Waals surface area (Å²) in [5.74, 6) is 0.333. The third-order valence-corrected chi connectivity index (χ3v) is 7.59. The molecule has 2 aromatic carbocycles. The molecule has 0 bridgehead atoms. The second-order valence-corrected chi connectivity index (χ2v) is 11.3. The van der Waals surface area contributed by atoms with E-state index in [0.29, 0.717) is 32.2 Å². The van der Waals surface area contributed by atoms with Gasteiger partial charge in [0.1, 0.15) is 6.54 Å². The molecule has 0 saturated carbocycles. The van der Waals surface area contributed by atoms with Gasteiger partial charge in [0.05, 0.1) is 12.6 Å². The first-order valence-electron chi connectivity index (χ1n) is 13.0. The number of hydrogen-bond acceptors (Lipinski definition) is 4. The van der Waals surface area contributed by atoms with Crippen molar-refractivity contribution in [2.75, 3.05) is 25.0 Å². The number of aryl methyl sites for hydroxylation is 1. The number of ether oxygens (including phenoxy) is 1. The highest BCUT2D eigenvalue weighted by molar-refractivity contribution is 7.11. The van der Waals surface area contributed by atoms with E-state index in [9.17, 15) is 9.59 Å². The van der Waals surface area contributed by atoms with Gasteiger partial charge in [0.25, 0.3) is 0 Å². The topological polar surface area (TPSA) is 61.9 Å². The SMILES string of the molecule is Cc1ccc(CN(Cc2ccccc2)C(=O)CN(CC2CCCO2)C(=O)Nc2ccc(C(C)C)cc2)s1. The van der Waals surface area contributed by atoms with Crippen molar-refractivity contribution < 1.29 is 14.3 Å². The fraction of sp³-hybridized carbons (Fsp3) is 0.400. The first kappa shape index (κ1) is 26.9. The number of carbonyl (C=O) groups is 2. The summed E-state index contributed by atoms with van der Waals surface area (Å²) >= 11 is 1.69. The van der Waals surface area contributed by atoms with Crippen molar-refractivity contribution in [2.24, 2.45) is 0 Å². The molecule has 1 saturated heterocycles. The Morgan fingerprint density at radius 3 is 2.38 bits per heavy atom. The summed E-state index contributed by atoms with van der Waals surface area (Å²) in [6, 6.07) is 21.7. The monoisotopic (exact) mass is 519 g/mol. The lowest BCUT2D eigenvalue weighted by atomic mass is 10.0.